The summed E-state index contributed by atoms with van der Waals surface area (Å²) in [5, 5.41) is 16.4. The van der Waals surface area contributed by atoms with Gasteiger partial charge in [0.2, 0.25) is 0 Å². The van der Waals surface area contributed by atoms with Gasteiger partial charge in [-0.2, -0.15) is 0 Å². The van der Waals surface area contributed by atoms with Crippen LogP contribution < -0.4 is 10.0 Å². The molecule has 0 radical (unpaired) electrons. The van der Waals surface area contributed by atoms with E-state index in [1.165, 1.54) is 18.2 Å². The van der Waals surface area contributed by atoms with Crippen LogP contribution >= 0.6 is 22.7 Å². The fourth-order valence-corrected chi connectivity index (χ4v) is 6.46. The van der Waals surface area contributed by atoms with Gasteiger partial charge in [-0.15, -0.1) is 22.7 Å². The minimum atomic E-state index is -3.84. The summed E-state index contributed by atoms with van der Waals surface area (Å²) in [5.41, 5.74) is 1.31. The van der Waals surface area contributed by atoms with Crippen LogP contribution in [-0.4, -0.2) is 44.6 Å². The molecule has 3 N–H and O–H groups in total. The average Bonchev–Trinajstić information content (AvgIpc) is 3.59. The Hall–Kier alpha value is -4.20. The van der Waals surface area contributed by atoms with Gasteiger partial charge >= 0.3 is 11.9 Å². The van der Waals surface area contributed by atoms with Crippen molar-refractivity contribution in [3.63, 3.8) is 0 Å². The molecule has 13 heteroatoms. The Labute approximate surface area is 231 Å². The normalized spacial score (nSPS) is 11.0. The third-order valence-corrected chi connectivity index (χ3v) is 8.85. The van der Waals surface area contributed by atoms with Crippen LogP contribution in [0.15, 0.2) is 75.6 Å². The summed E-state index contributed by atoms with van der Waals surface area (Å²) in [7, 11) is -3.84. The van der Waals surface area contributed by atoms with Crippen LogP contribution in [-0.2, 0) is 24.3 Å². The predicted octanol–water partition coefficient (Wildman–Crippen LogP) is 4.96. The van der Waals surface area contributed by atoms with Crippen molar-refractivity contribution < 1.29 is 37.4 Å². The van der Waals surface area contributed by atoms with Crippen molar-refractivity contribution in [3.8, 4) is 16.9 Å². The molecule has 0 saturated carbocycles. The highest BCUT2D eigenvalue weighted by Crippen LogP contribution is 2.36. The SMILES string of the molecule is CCOC(=O)c1c(-c2ccccc2)csc1NC(=O)COC(=O)c1ccc(NS(=O)(=O)c2cccs2)cc1O. The number of hydrogen-bond donors (Lipinski definition) is 3. The minimum Gasteiger partial charge on any atom is -0.507 e. The van der Waals surface area contributed by atoms with E-state index in [1.807, 2.05) is 30.3 Å². The molecule has 1 amide bonds. The number of rotatable bonds is 10. The molecule has 0 aliphatic rings. The fourth-order valence-electron chi connectivity index (χ4n) is 3.45. The zero-order valence-electron chi connectivity index (χ0n) is 20.4. The first-order valence-electron chi connectivity index (χ1n) is 11.4. The number of amides is 1. The van der Waals surface area contributed by atoms with Crippen molar-refractivity contribution in [2.24, 2.45) is 0 Å². The Morgan fingerprint density at radius 2 is 1.72 bits per heavy atom. The van der Waals surface area contributed by atoms with Crippen molar-refractivity contribution in [3.05, 3.63) is 82.6 Å². The smallest absolute Gasteiger partial charge is 0.342 e. The maximum Gasteiger partial charge on any atom is 0.342 e. The average molecular weight is 587 g/mol. The monoisotopic (exact) mass is 586 g/mol. The van der Waals surface area contributed by atoms with Crippen LogP contribution in [0.3, 0.4) is 0 Å². The van der Waals surface area contributed by atoms with Crippen molar-refractivity contribution >= 4 is 61.2 Å². The number of carbonyl (C=O) groups excluding carboxylic acids is 3. The predicted molar refractivity (Wildman–Crippen MR) is 148 cm³/mol. The zero-order valence-corrected chi connectivity index (χ0v) is 22.8. The maximum atomic E-state index is 12.6. The molecule has 2 heterocycles. The van der Waals surface area contributed by atoms with Gasteiger partial charge in [-0.1, -0.05) is 36.4 Å². The first kappa shape index (κ1) is 27.8. The van der Waals surface area contributed by atoms with Crippen LogP contribution in [0.2, 0.25) is 0 Å². The largest absolute Gasteiger partial charge is 0.507 e. The van der Waals surface area contributed by atoms with E-state index in [0.29, 0.717) is 5.56 Å². The van der Waals surface area contributed by atoms with E-state index in [1.54, 1.807) is 23.8 Å². The molecular weight excluding hydrogens is 564 g/mol. The van der Waals surface area contributed by atoms with Gasteiger partial charge in [0.1, 0.15) is 26.1 Å². The van der Waals surface area contributed by atoms with E-state index in [-0.39, 0.29) is 32.6 Å². The van der Waals surface area contributed by atoms with Gasteiger partial charge in [0.25, 0.3) is 15.9 Å². The van der Waals surface area contributed by atoms with E-state index >= 15 is 0 Å². The van der Waals surface area contributed by atoms with Gasteiger partial charge in [0.05, 0.1) is 12.3 Å². The topological polar surface area (TPSA) is 148 Å². The molecule has 4 aromatic rings. The van der Waals surface area contributed by atoms with Gasteiger partial charge in [0, 0.05) is 17.0 Å². The standard InChI is InChI=1S/C26H22N2O8S3/c1-2-35-26(32)23-19(16-7-4-3-5-8-16)15-38-24(23)27-21(30)14-36-25(31)18-11-10-17(13-20(18)29)28-39(33,34)22-9-6-12-37-22/h3-13,15,28-29H,2,14H2,1H3,(H,27,30). The molecule has 0 fully saturated rings. The molecule has 2 aromatic carbocycles. The summed E-state index contributed by atoms with van der Waals surface area (Å²) in [6, 6.07) is 15.7. The second kappa shape index (κ2) is 12.1. The van der Waals surface area contributed by atoms with Crippen molar-refractivity contribution in [1.82, 2.24) is 0 Å². The summed E-state index contributed by atoms with van der Waals surface area (Å²) >= 11 is 2.15. The first-order valence-corrected chi connectivity index (χ1v) is 14.6. The number of benzene rings is 2. The molecule has 4 rings (SSSR count). The van der Waals surface area contributed by atoms with E-state index in [9.17, 15) is 27.9 Å². The van der Waals surface area contributed by atoms with Crippen LogP contribution in [0, 0.1) is 0 Å². The number of aromatic hydroxyl groups is 1. The molecule has 0 spiro atoms. The summed E-state index contributed by atoms with van der Waals surface area (Å²) < 4.78 is 37.3. The number of ether oxygens (including phenoxy) is 2. The zero-order chi connectivity index (χ0) is 28.0. The summed E-state index contributed by atoms with van der Waals surface area (Å²) in [4.78, 5) is 37.7. The van der Waals surface area contributed by atoms with E-state index < -0.39 is 40.2 Å². The van der Waals surface area contributed by atoms with Gasteiger partial charge in [-0.05, 0) is 36.1 Å². The number of sulfonamides is 1. The molecule has 39 heavy (non-hydrogen) atoms. The number of carbonyl (C=O) groups is 3. The first-order chi connectivity index (χ1) is 18.7. The number of phenolic OH excluding ortho intramolecular Hbond substituents is 1. The molecular formula is C26H22N2O8S3. The molecule has 0 aliphatic carbocycles. The van der Waals surface area contributed by atoms with Gasteiger partial charge < -0.3 is 19.9 Å². The number of phenols is 1. The number of esters is 2. The Kier molecular flexibility index (Phi) is 8.64. The lowest BCUT2D eigenvalue weighted by Gasteiger charge is -2.11. The van der Waals surface area contributed by atoms with Crippen LogP contribution in [0.25, 0.3) is 11.1 Å². The molecule has 10 nitrogen and oxygen atoms in total. The highest BCUT2D eigenvalue weighted by atomic mass is 32.2. The lowest BCUT2D eigenvalue weighted by atomic mass is 10.0. The summed E-state index contributed by atoms with van der Waals surface area (Å²) in [6.45, 7) is 1.11. The molecule has 0 bridgehead atoms. The molecule has 0 unspecified atom stereocenters. The second-order valence-corrected chi connectivity index (χ2v) is 11.6. The number of anilines is 2. The van der Waals surface area contributed by atoms with Gasteiger partial charge in [-0.3, -0.25) is 9.52 Å². The fraction of sp³-hybridized carbons (Fsp3) is 0.115. The van der Waals surface area contributed by atoms with Gasteiger partial charge in [0.15, 0.2) is 6.61 Å². The Morgan fingerprint density at radius 1 is 0.949 bits per heavy atom. The molecule has 0 saturated heterocycles. The maximum absolute atomic E-state index is 12.6. The summed E-state index contributed by atoms with van der Waals surface area (Å²) in [5.74, 6) is -2.86. The van der Waals surface area contributed by atoms with Crippen molar-refractivity contribution in [2.45, 2.75) is 11.1 Å². The van der Waals surface area contributed by atoms with E-state index in [4.69, 9.17) is 9.47 Å². The molecule has 202 valence electrons. The van der Waals surface area contributed by atoms with Crippen LogP contribution in [0.5, 0.6) is 5.75 Å². The van der Waals surface area contributed by atoms with Crippen molar-refractivity contribution in [2.75, 3.05) is 23.3 Å². The third-order valence-electron chi connectivity index (χ3n) is 5.17. The number of nitrogens with one attached hydrogen (secondary N) is 2. The number of hydrogen-bond acceptors (Lipinski definition) is 10. The second-order valence-electron chi connectivity index (χ2n) is 7.83. The lowest BCUT2D eigenvalue weighted by molar-refractivity contribution is -0.119. The lowest BCUT2D eigenvalue weighted by Crippen LogP contribution is -2.22. The van der Waals surface area contributed by atoms with Crippen molar-refractivity contribution in [1.29, 1.82) is 0 Å². The Morgan fingerprint density at radius 3 is 2.38 bits per heavy atom. The highest BCUT2D eigenvalue weighted by Gasteiger charge is 2.24. The minimum absolute atomic E-state index is 0.0357. The van der Waals surface area contributed by atoms with Crippen LogP contribution in [0.1, 0.15) is 27.6 Å². The summed E-state index contributed by atoms with van der Waals surface area (Å²) in [6.07, 6.45) is 0. The Bertz CT molecular complexity index is 1600. The molecule has 0 aliphatic heterocycles. The highest BCUT2D eigenvalue weighted by molar-refractivity contribution is 7.94. The van der Waals surface area contributed by atoms with E-state index in [0.717, 1.165) is 34.3 Å². The van der Waals surface area contributed by atoms with Crippen LogP contribution in [0.4, 0.5) is 10.7 Å². The van der Waals surface area contributed by atoms with E-state index in [2.05, 4.69) is 10.0 Å². The quantitative estimate of drug-likeness (QED) is 0.221. The molecule has 2 aromatic heterocycles. The third kappa shape index (κ3) is 6.63. The number of thiophene rings is 2. The molecule has 0 atom stereocenters. The Balaban J connectivity index is 1.42. The van der Waals surface area contributed by atoms with Gasteiger partial charge in [-0.25, -0.2) is 18.0 Å².